The molecule has 1 N–H and O–H groups in total. The minimum Gasteiger partial charge on any atom is -0.493 e. The van der Waals surface area contributed by atoms with Gasteiger partial charge < -0.3 is 24.1 Å². The highest BCUT2D eigenvalue weighted by Gasteiger charge is 2.17. The largest absolute Gasteiger partial charge is 0.493 e. The molecule has 31 heavy (non-hydrogen) atoms. The summed E-state index contributed by atoms with van der Waals surface area (Å²) in [5, 5.41) is 7.00. The van der Waals surface area contributed by atoms with E-state index in [-0.39, 0.29) is 5.91 Å². The molecule has 0 unspecified atom stereocenters. The predicted molar refractivity (Wildman–Crippen MR) is 117 cm³/mol. The maximum Gasteiger partial charge on any atom is 0.226 e. The molecule has 0 aliphatic heterocycles. The van der Waals surface area contributed by atoms with Crippen molar-refractivity contribution in [1.82, 2.24) is 10.1 Å². The quantitative estimate of drug-likeness (QED) is 0.545. The summed E-state index contributed by atoms with van der Waals surface area (Å²) in [6.07, 6.45) is 1.44. The Morgan fingerprint density at radius 3 is 2.39 bits per heavy atom. The Morgan fingerprint density at radius 1 is 1.03 bits per heavy atom. The van der Waals surface area contributed by atoms with Gasteiger partial charge in [0.05, 0.1) is 21.3 Å². The first-order chi connectivity index (χ1) is 14.9. The number of ether oxygens (including phenoxy) is 3. The number of anilines is 1. The number of methoxy groups -OCH3 is 3. The molecule has 0 radical (unpaired) electrons. The summed E-state index contributed by atoms with van der Waals surface area (Å²) < 4.78 is 21.4. The van der Waals surface area contributed by atoms with Gasteiger partial charge in [-0.15, -0.1) is 0 Å². The number of carbonyl (C=O) groups excluding carboxylic acids is 1. The summed E-state index contributed by atoms with van der Waals surface area (Å²) in [6.45, 7) is 3.97. The van der Waals surface area contributed by atoms with Crippen LogP contribution in [0.4, 0.5) is 5.69 Å². The van der Waals surface area contributed by atoms with Crippen LogP contribution in [-0.4, -0.2) is 37.4 Å². The van der Waals surface area contributed by atoms with Gasteiger partial charge in [0.1, 0.15) is 0 Å². The lowest BCUT2D eigenvalue weighted by Crippen LogP contribution is -2.12. The lowest BCUT2D eigenvalue weighted by atomic mass is 10.1. The van der Waals surface area contributed by atoms with Gasteiger partial charge in [-0.2, -0.15) is 4.98 Å². The number of aromatic nitrogens is 2. The molecule has 3 rings (SSSR count). The molecular weight excluding hydrogens is 398 g/mol. The number of hydrogen-bond acceptors (Lipinski definition) is 7. The summed E-state index contributed by atoms with van der Waals surface area (Å²) in [7, 11) is 4.64. The third-order valence-electron chi connectivity index (χ3n) is 4.85. The summed E-state index contributed by atoms with van der Waals surface area (Å²) in [4.78, 5) is 16.7. The van der Waals surface area contributed by atoms with E-state index in [0.717, 1.165) is 16.8 Å². The second kappa shape index (κ2) is 9.97. The average Bonchev–Trinajstić information content (AvgIpc) is 3.24. The highest BCUT2D eigenvalue weighted by atomic mass is 16.5. The van der Waals surface area contributed by atoms with Gasteiger partial charge in [0.15, 0.2) is 11.5 Å². The average molecular weight is 425 g/mol. The molecule has 1 heterocycles. The molecule has 3 aromatic rings. The van der Waals surface area contributed by atoms with E-state index in [1.54, 1.807) is 33.5 Å². The minimum absolute atomic E-state index is 0.0435. The van der Waals surface area contributed by atoms with Crippen LogP contribution >= 0.6 is 0 Å². The molecule has 0 atom stereocenters. The van der Waals surface area contributed by atoms with Crippen LogP contribution in [0.5, 0.6) is 17.2 Å². The van der Waals surface area contributed by atoms with Crippen molar-refractivity contribution >= 4 is 11.6 Å². The minimum atomic E-state index is -0.0435. The second-order valence-corrected chi connectivity index (χ2v) is 7.15. The molecule has 1 aromatic heterocycles. The molecule has 1 amide bonds. The molecule has 2 aromatic carbocycles. The van der Waals surface area contributed by atoms with E-state index in [9.17, 15) is 4.79 Å². The van der Waals surface area contributed by atoms with Crippen molar-refractivity contribution in [1.29, 1.82) is 0 Å². The molecule has 0 bridgehead atoms. The highest BCUT2D eigenvalue weighted by Crippen LogP contribution is 2.40. The van der Waals surface area contributed by atoms with Gasteiger partial charge in [-0.1, -0.05) is 17.3 Å². The molecular formula is C23H27N3O5. The van der Waals surface area contributed by atoms with Crippen LogP contribution in [0.15, 0.2) is 34.9 Å². The normalized spacial score (nSPS) is 10.6. The van der Waals surface area contributed by atoms with E-state index in [4.69, 9.17) is 18.7 Å². The fourth-order valence-corrected chi connectivity index (χ4v) is 3.17. The zero-order valence-corrected chi connectivity index (χ0v) is 18.4. The summed E-state index contributed by atoms with van der Waals surface area (Å²) in [5.74, 6) is 2.33. The van der Waals surface area contributed by atoms with Crippen molar-refractivity contribution in [3.05, 3.63) is 47.3 Å². The second-order valence-electron chi connectivity index (χ2n) is 7.15. The third-order valence-corrected chi connectivity index (χ3v) is 4.85. The van der Waals surface area contributed by atoms with Crippen molar-refractivity contribution in [2.75, 3.05) is 26.6 Å². The molecule has 0 saturated heterocycles. The number of hydrogen-bond donors (Lipinski definition) is 1. The first-order valence-corrected chi connectivity index (χ1v) is 9.95. The fraction of sp³-hybridized carbons (Fsp3) is 0.348. The van der Waals surface area contributed by atoms with E-state index in [2.05, 4.69) is 15.5 Å². The van der Waals surface area contributed by atoms with Crippen molar-refractivity contribution < 1.29 is 23.5 Å². The van der Waals surface area contributed by atoms with Crippen LogP contribution in [0.1, 0.15) is 29.9 Å². The SMILES string of the molecule is COc1cc(-c2noc(CCCC(=O)Nc3cc(C)ccc3C)n2)cc(OC)c1OC. The van der Waals surface area contributed by atoms with Crippen molar-refractivity contribution in [3.8, 4) is 28.6 Å². The maximum absolute atomic E-state index is 12.3. The highest BCUT2D eigenvalue weighted by molar-refractivity contribution is 5.91. The monoisotopic (exact) mass is 425 g/mol. The maximum atomic E-state index is 12.3. The van der Waals surface area contributed by atoms with Crippen LogP contribution in [0.25, 0.3) is 11.4 Å². The number of aryl methyl sites for hydroxylation is 3. The van der Waals surface area contributed by atoms with Gasteiger partial charge in [0.2, 0.25) is 23.4 Å². The van der Waals surface area contributed by atoms with Crippen molar-refractivity contribution in [3.63, 3.8) is 0 Å². The first-order valence-electron chi connectivity index (χ1n) is 9.95. The number of benzene rings is 2. The first kappa shape index (κ1) is 22.1. The van der Waals surface area contributed by atoms with E-state index in [1.165, 1.54) is 0 Å². The molecule has 0 spiro atoms. The van der Waals surface area contributed by atoms with Gasteiger partial charge >= 0.3 is 0 Å². The zero-order valence-electron chi connectivity index (χ0n) is 18.4. The summed E-state index contributed by atoms with van der Waals surface area (Å²) in [6, 6.07) is 9.50. The van der Waals surface area contributed by atoms with E-state index >= 15 is 0 Å². The Morgan fingerprint density at radius 2 is 1.74 bits per heavy atom. The Bertz CT molecular complexity index is 1040. The molecule has 8 nitrogen and oxygen atoms in total. The number of amides is 1. The predicted octanol–water partition coefficient (Wildman–Crippen LogP) is 4.34. The van der Waals surface area contributed by atoms with E-state index < -0.39 is 0 Å². The molecule has 0 fully saturated rings. The van der Waals surface area contributed by atoms with Crippen LogP contribution in [0.3, 0.4) is 0 Å². The molecule has 164 valence electrons. The van der Waals surface area contributed by atoms with Crippen LogP contribution in [0.2, 0.25) is 0 Å². The lowest BCUT2D eigenvalue weighted by Gasteiger charge is -2.12. The molecule has 8 heteroatoms. The zero-order chi connectivity index (χ0) is 22.4. The molecule has 0 aliphatic carbocycles. The van der Waals surface area contributed by atoms with Gasteiger partial charge in [0, 0.05) is 24.1 Å². The smallest absolute Gasteiger partial charge is 0.226 e. The number of carbonyl (C=O) groups is 1. The summed E-state index contributed by atoms with van der Waals surface area (Å²) in [5.41, 5.74) is 3.65. The van der Waals surface area contributed by atoms with Crippen molar-refractivity contribution in [2.24, 2.45) is 0 Å². The standard InChI is InChI=1S/C23H27N3O5/c1-14-9-10-15(2)17(11-14)24-20(27)7-6-8-21-25-23(26-31-21)16-12-18(28-3)22(30-5)19(13-16)29-4/h9-13H,6-8H2,1-5H3,(H,24,27). The van der Waals surface area contributed by atoms with Gasteiger partial charge in [-0.25, -0.2) is 0 Å². The fourth-order valence-electron chi connectivity index (χ4n) is 3.17. The number of nitrogens with zero attached hydrogens (tertiary/aromatic N) is 2. The number of rotatable bonds is 9. The van der Waals surface area contributed by atoms with Crippen LogP contribution in [0, 0.1) is 13.8 Å². The van der Waals surface area contributed by atoms with E-state index in [1.807, 2.05) is 32.0 Å². The Labute approximate surface area is 181 Å². The van der Waals surface area contributed by atoms with Crippen LogP contribution < -0.4 is 19.5 Å². The molecule has 0 saturated carbocycles. The molecule has 0 aliphatic rings. The van der Waals surface area contributed by atoms with Crippen LogP contribution in [-0.2, 0) is 11.2 Å². The summed E-state index contributed by atoms with van der Waals surface area (Å²) >= 11 is 0. The lowest BCUT2D eigenvalue weighted by molar-refractivity contribution is -0.116. The third kappa shape index (κ3) is 5.33. The van der Waals surface area contributed by atoms with Gasteiger partial charge in [-0.3, -0.25) is 4.79 Å². The topological polar surface area (TPSA) is 95.7 Å². The van der Waals surface area contributed by atoms with E-state index in [0.29, 0.717) is 53.8 Å². The van der Waals surface area contributed by atoms with Gasteiger partial charge in [-0.05, 0) is 49.6 Å². The Kier molecular flexibility index (Phi) is 7.12. The Hall–Kier alpha value is -3.55. The Balaban J connectivity index is 1.61. The van der Waals surface area contributed by atoms with Gasteiger partial charge in [0.25, 0.3) is 0 Å². The number of nitrogens with one attached hydrogen (secondary N) is 1. The van der Waals surface area contributed by atoms with Crippen molar-refractivity contribution in [2.45, 2.75) is 33.1 Å².